The van der Waals surface area contributed by atoms with Crippen LogP contribution in [0.5, 0.6) is 5.75 Å². The van der Waals surface area contributed by atoms with Gasteiger partial charge in [-0.2, -0.15) is 0 Å². The number of pyridine rings is 1. The first-order chi connectivity index (χ1) is 16.1. The number of carbonyl (C=O) groups is 2. The van der Waals surface area contributed by atoms with E-state index in [-0.39, 0.29) is 11.8 Å². The number of ether oxygens (including phenoxy) is 1. The van der Waals surface area contributed by atoms with Crippen LogP contribution in [0.2, 0.25) is 0 Å². The van der Waals surface area contributed by atoms with Crippen LogP contribution in [-0.2, 0) is 29.1 Å². The Bertz CT molecular complexity index is 1010. The van der Waals surface area contributed by atoms with Gasteiger partial charge in [0, 0.05) is 25.6 Å². The van der Waals surface area contributed by atoms with Gasteiger partial charge >= 0.3 is 0 Å². The van der Waals surface area contributed by atoms with E-state index in [1.165, 1.54) is 0 Å². The second-order valence-corrected chi connectivity index (χ2v) is 7.86. The zero-order valence-corrected chi connectivity index (χ0v) is 19.2. The second kappa shape index (κ2) is 12.4. The van der Waals surface area contributed by atoms with Crippen molar-refractivity contribution in [3.63, 3.8) is 0 Å². The summed E-state index contributed by atoms with van der Waals surface area (Å²) in [6.07, 6.45) is 3.23. The molecule has 1 heterocycles. The van der Waals surface area contributed by atoms with E-state index in [2.05, 4.69) is 10.3 Å². The van der Waals surface area contributed by atoms with Crippen LogP contribution in [0.25, 0.3) is 0 Å². The van der Waals surface area contributed by atoms with Gasteiger partial charge < -0.3 is 15.0 Å². The molecule has 0 saturated carbocycles. The summed E-state index contributed by atoms with van der Waals surface area (Å²) in [4.78, 5) is 32.6. The molecule has 1 N–H and O–H groups in total. The molecule has 0 fully saturated rings. The van der Waals surface area contributed by atoms with Crippen LogP contribution < -0.4 is 10.1 Å². The van der Waals surface area contributed by atoms with Gasteiger partial charge in [0.1, 0.15) is 11.8 Å². The lowest BCUT2D eigenvalue weighted by Crippen LogP contribution is -2.50. The smallest absolute Gasteiger partial charge is 0.243 e. The molecular weight excluding hydrogens is 414 g/mol. The third kappa shape index (κ3) is 7.17. The fourth-order valence-electron chi connectivity index (χ4n) is 3.64. The zero-order chi connectivity index (χ0) is 23.5. The van der Waals surface area contributed by atoms with Crippen molar-refractivity contribution in [2.45, 2.75) is 45.3 Å². The third-order valence-electron chi connectivity index (χ3n) is 5.42. The lowest BCUT2D eigenvalue weighted by molar-refractivity contribution is -0.141. The normalized spacial score (nSPS) is 11.5. The van der Waals surface area contributed by atoms with E-state index in [1.807, 2.05) is 79.7 Å². The highest BCUT2D eigenvalue weighted by Gasteiger charge is 2.29. The number of benzene rings is 2. The molecule has 0 bridgehead atoms. The quantitative estimate of drug-likeness (QED) is 0.481. The maximum Gasteiger partial charge on any atom is 0.243 e. The zero-order valence-electron chi connectivity index (χ0n) is 19.2. The highest BCUT2D eigenvalue weighted by molar-refractivity contribution is 5.88. The van der Waals surface area contributed by atoms with Gasteiger partial charge in [-0.25, -0.2) is 0 Å². The van der Waals surface area contributed by atoms with Gasteiger partial charge in [-0.1, -0.05) is 55.5 Å². The summed E-state index contributed by atoms with van der Waals surface area (Å²) in [5.41, 5.74) is 2.71. The summed E-state index contributed by atoms with van der Waals surface area (Å²) in [5, 5.41) is 2.99. The molecule has 6 heteroatoms. The molecule has 0 saturated heterocycles. The molecule has 6 nitrogen and oxygen atoms in total. The monoisotopic (exact) mass is 445 g/mol. The van der Waals surface area contributed by atoms with Crippen molar-refractivity contribution < 1.29 is 14.3 Å². The van der Waals surface area contributed by atoms with E-state index in [0.717, 1.165) is 22.6 Å². The third-order valence-corrected chi connectivity index (χ3v) is 5.42. The molecule has 3 rings (SSSR count). The number of aromatic nitrogens is 1. The Morgan fingerprint density at radius 2 is 1.70 bits per heavy atom. The summed E-state index contributed by atoms with van der Waals surface area (Å²) in [6.45, 7) is 2.62. The van der Waals surface area contributed by atoms with Crippen LogP contribution in [0.3, 0.4) is 0 Å². The van der Waals surface area contributed by atoms with E-state index in [4.69, 9.17) is 4.74 Å². The van der Waals surface area contributed by atoms with Crippen LogP contribution >= 0.6 is 0 Å². The van der Waals surface area contributed by atoms with Crippen molar-refractivity contribution in [1.29, 1.82) is 0 Å². The van der Waals surface area contributed by atoms with Gasteiger partial charge in [0.15, 0.2) is 0 Å². The van der Waals surface area contributed by atoms with E-state index < -0.39 is 6.04 Å². The Kier molecular flexibility index (Phi) is 9.00. The fourth-order valence-corrected chi connectivity index (χ4v) is 3.64. The van der Waals surface area contributed by atoms with Crippen LogP contribution in [-0.4, -0.2) is 34.8 Å². The van der Waals surface area contributed by atoms with Gasteiger partial charge in [-0.05, 0) is 41.8 Å². The second-order valence-electron chi connectivity index (χ2n) is 7.86. The summed E-state index contributed by atoms with van der Waals surface area (Å²) < 4.78 is 5.25. The highest BCUT2D eigenvalue weighted by Crippen LogP contribution is 2.18. The van der Waals surface area contributed by atoms with Crippen LogP contribution in [0.15, 0.2) is 79.0 Å². The average Bonchev–Trinajstić information content (AvgIpc) is 2.86. The topological polar surface area (TPSA) is 71.5 Å². The van der Waals surface area contributed by atoms with E-state index in [9.17, 15) is 9.59 Å². The van der Waals surface area contributed by atoms with Crippen LogP contribution in [0.4, 0.5) is 0 Å². The maximum absolute atomic E-state index is 13.4. The average molecular weight is 446 g/mol. The number of nitrogens with one attached hydrogen (secondary N) is 1. The molecule has 1 aromatic heterocycles. The predicted octanol–water partition coefficient (Wildman–Crippen LogP) is 4.15. The first-order valence-electron chi connectivity index (χ1n) is 11.2. The van der Waals surface area contributed by atoms with Crippen molar-refractivity contribution in [3.8, 4) is 5.75 Å². The molecule has 2 amide bonds. The van der Waals surface area contributed by atoms with Gasteiger partial charge in [0.25, 0.3) is 0 Å². The highest BCUT2D eigenvalue weighted by atomic mass is 16.5. The standard InChI is InChI=1S/C27H31N3O3/c1-3-9-26(31)30(20-22-13-15-24(33-2)16-14-22)25(18-21-10-5-4-6-11-21)27(32)29-19-23-12-7-8-17-28-23/h4-8,10-17,25H,3,9,18-20H2,1-2H3,(H,29,32)/t25-/m0/s1. The molecule has 0 unspecified atom stereocenters. The first kappa shape index (κ1) is 24.0. The lowest BCUT2D eigenvalue weighted by atomic mass is 10.0. The summed E-state index contributed by atoms with van der Waals surface area (Å²) in [5.74, 6) is 0.517. The van der Waals surface area contributed by atoms with Gasteiger partial charge in [0.05, 0.1) is 19.3 Å². The van der Waals surface area contributed by atoms with Gasteiger partial charge in [-0.3, -0.25) is 14.6 Å². The molecule has 3 aromatic rings. The van der Waals surface area contributed by atoms with Crippen LogP contribution in [0.1, 0.15) is 36.6 Å². The van der Waals surface area contributed by atoms with Crippen molar-refractivity contribution in [2.75, 3.05) is 7.11 Å². The molecule has 0 radical (unpaired) electrons. The van der Waals surface area contributed by atoms with E-state index in [1.54, 1.807) is 18.2 Å². The Balaban J connectivity index is 1.87. The summed E-state index contributed by atoms with van der Waals surface area (Å²) >= 11 is 0. The Labute approximate surface area is 195 Å². The number of carbonyl (C=O) groups excluding carboxylic acids is 2. The minimum atomic E-state index is -0.641. The van der Waals surface area contributed by atoms with Crippen molar-refractivity contribution in [1.82, 2.24) is 15.2 Å². The number of hydrogen-bond donors (Lipinski definition) is 1. The van der Waals surface area contributed by atoms with Crippen LogP contribution in [0, 0.1) is 0 Å². The maximum atomic E-state index is 13.4. The van der Waals surface area contributed by atoms with E-state index in [0.29, 0.717) is 32.4 Å². The molecule has 0 aliphatic heterocycles. The Hall–Kier alpha value is -3.67. The minimum Gasteiger partial charge on any atom is -0.497 e. The summed E-state index contributed by atoms with van der Waals surface area (Å²) in [6, 6.07) is 22.3. The fraction of sp³-hybridized carbons (Fsp3) is 0.296. The van der Waals surface area contributed by atoms with E-state index >= 15 is 0 Å². The molecule has 0 spiro atoms. The van der Waals surface area contributed by atoms with Gasteiger partial charge in [-0.15, -0.1) is 0 Å². The number of amides is 2. The molecule has 2 aromatic carbocycles. The molecule has 0 aliphatic rings. The molecule has 172 valence electrons. The minimum absolute atomic E-state index is 0.0396. The van der Waals surface area contributed by atoms with Gasteiger partial charge in [0.2, 0.25) is 11.8 Å². The SMILES string of the molecule is CCCC(=O)N(Cc1ccc(OC)cc1)[C@@H](Cc1ccccc1)C(=O)NCc1ccccn1. The first-order valence-corrected chi connectivity index (χ1v) is 11.2. The van der Waals surface area contributed by atoms with Crippen molar-refractivity contribution in [2.24, 2.45) is 0 Å². The molecule has 33 heavy (non-hydrogen) atoms. The molecule has 0 aliphatic carbocycles. The molecular formula is C27H31N3O3. The number of methoxy groups -OCH3 is 1. The van der Waals surface area contributed by atoms with Crippen molar-refractivity contribution in [3.05, 3.63) is 95.8 Å². The number of hydrogen-bond acceptors (Lipinski definition) is 4. The Morgan fingerprint density at radius 3 is 2.33 bits per heavy atom. The van der Waals surface area contributed by atoms with Crippen molar-refractivity contribution >= 4 is 11.8 Å². The number of nitrogens with zero attached hydrogens (tertiary/aromatic N) is 2. The predicted molar refractivity (Wildman–Crippen MR) is 128 cm³/mol. The largest absolute Gasteiger partial charge is 0.497 e. The number of rotatable bonds is 11. The molecule has 1 atom stereocenters. The summed E-state index contributed by atoms with van der Waals surface area (Å²) in [7, 11) is 1.62. The Morgan fingerprint density at radius 1 is 0.970 bits per heavy atom. The lowest BCUT2D eigenvalue weighted by Gasteiger charge is -2.31.